The quantitative estimate of drug-likeness (QED) is 0.617. The zero-order valence-electron chi connectivity index (χ0n) is 10.2. The molecule has 1 unspecified atom stereocenters. The molecule has 0 fully saturated rings. The Hall–Kier alpha value is -0.130. The molecule has 0 heterocycles. The van der Waals surface area contributed by atoms with E-state index in [-0.39, 0.29) is 0 Å². The van der Waals surface area contributed by atoms with E-state index >= 15 is 0 Å². The van der Waals surface area contributed by atoms with Crippen molar-refractivity contribution in [1.82, 2.24) is 10.0 Å². The number of rotatable bonds is 8. The third kappa shape index (κ3) is 8.84. The number of sulfonamides is 1. The average Bonchev–Trinajstić information content (AvgIpc) is 2.08. The van der Waals surface area contributed by atoms with Crippen LogP contribution < -0.4 is 10.0 Å². The molecule has 0 aromatic carbocycles. The molecule has 4 nitrogen and oxygen atoms in total. The topological polar surface area (TPSA) is 58.2 Å². The molecule has 0 saturated carbocycles. The van der Waals surface area contributed by atoms with Gasteiger partial charge in [-0.2, -0.15) is 0 Å². The SMILES string of the molecule is CCC(NCCCNS(C)(=O)=O)C(C)C. The summed E-state index contributed by atoms with van der Waals surface area (Å²) >= 11 is 0. The fraction of sp³-hybridized carbons (Fsp3) is 1.00. The molecule has 1 atom stereocenters. The molecule has 0 amide bonds. The maximum Gasteiger partial charge on any atom is 0.208 e. The van der Waals surface area contributed by atoms with Crippen molar-refractivity contribution in [3.8, 4) is 0 Å². The second kappa shape index (κ2) is 7.19. The molecule has 0 bridgehead atoms. The van der Waals surface area contributed by atoms with Crippen molar-refractivity contribution < 1.29 is 8.42 Å². The van der Waals surface area contributed by atoms with E-state index in [4.69, 9.17) is 0 Å². The fourth-order valence-electron chi connectivity index (χ4n) is 1.48. The molecule has 0 aromatic heterocycles. The Labute approximate surface area is 93.9 Å². The van der Waals surface area contributed by atoms with Crippen LogP contribution in [0.15, 0.2) is 0 Å². The van der Waals surface area contributed by atoms with Gasteiger partial charge in [0.15, 0.2) is 0 Å². The van der Waals surface area contributed by atoms with Gasteiger partial charge >= 0.3 is 0 Å². The molecule has 0 aromatic rings. The Balaban J connectivity index is 3.53. The van der Waals surface area contributed by atoms with Crippen LogP contribution >= 0.6 is 0 Å². The smallest absolute Gasteiger partial charge is 0.208 e. The predicted molar refractivity (Wildman–Crippen MR) is 64.4 cm³/mol. The van der Waals surface area contributed by atoms with Gasteiger partial charge in [0.25, 0.3) is 0 Å². The van der Waals surface area contributed by atoms with Crippen LogP contribution in [-0.4, -0.2) is 33.8 Å². The van der Waals surface area contributed by atoms with Crippen LogP contribution in [0.4, 0.5) is 0 Å². The van der Waals surface area contributed by atoms with Crippen LogP contribution in [-0.2, 0) is 10.0 Å². The largest absolute Gasteiger partial charge is 0.314 e. The first-order valence-electron chi connectivity index (χ1n) is 5.54. The van der Waals surface area contributed by atoms with Gasteiger partial charge in [-0.3, -0.25) is 0 Å². The Morgan fingerprint density at radius 1 is 1.20 bits per heavy atom. The molecule has 15 heavy (non-hydrogen) atoms. The minimum atomic E-state index is -3.02. The minimum Gasteiger partial charge on any atom is -0.314 e. The van der Waals surface area contributed by atoms with Crippen molar-refractivity contribution >= 4 is 10.0 Å². The number of hydrogen-bond donors (Lipinski definition) is 2. The first-order valence-corrected chi connectivity index (χ1v) is 7.44. The normalized spacial score (nSPS) is 14.5. The highest BCUT2D eigenvalue weighted by atomic mass is 32.2. The number of nitrogens with one attached hydrogen (secondary N) is 2. The van der Waals surface area contributed by atoms with Crippen molar-refractivity contribution in [2.24, 2.45) is 5.92 Å². The van der Waals surface area contributed by atoms with Gasteiger partial charge < -0.3 is 5.32 Å². The van der Waals surface area contributed by atoms with Gasteiger partial charge in [0.05, 0.1) is 6.26 Å². The molecule has 0 rings (SSSR count). The van der Waals surface area contributed by atoms with Gasteiger partial charge in [0.2, 0.25) is 10.0 Å². The molecule has 0 radical (unpaired) electrons. The minimum absolute atomic E-state index is 0.514. The monoisotopic (exact) mass is 236 g/mol. The molecule has 2 N–H and O–H groups in total. The maximum atomic E-state index is 10.8. The maximum absolute atomic E-state index is 10.8. The van der Waals surface area contributed by atoms with E-state index in [1.807, 2.05) is 0 Å². The van der Waals surface area contributed by atoms with Crippen molar-refractivity contribution in [2.75, 3.05) is 19.3 Å². The lowest BCUT2D eigenvalue weighted by Crippen LogP contribution is -2.35. The van der Waals surface area contributed by atoms with Gasteiger partial charge in [-0.1, -0.05) is 20.8 Å². The summed E-state index contributed by atoms with van der Waals surface area (Å²) in [5, 5.41) is 3.42. The molecular weight excluding hydrogens is 212 g/mol. The van der Waals surface area contributed by atoms with Crippen molar-refractivity contribution in [1.29, 1.82) is 0 Å². The lowest BCUT2D eigenvalue weighted by atomic mass is 10.0. The van der Waals surface area contributed by atoms with Crippen LogP contribution in [0.2, 0.25) is 0 Å². The summed E-state index contributed by atoms with van der Waals surface area (Å²) < 4.78 is 24.0. The Kier molecular flexibility index (Phi) is 7.13. The van der Waals surface area contributed by atoms with E-state index in [2.05, 4.69) is 30.8 Å². The second-order valence-corrected chi connectivity index (χ2v) is 6.07. The van der Waals surface area contributed by atoms with Crippen molar-refractivity contribution in [3.05, 3.63) is 0 Å². The van der Waals surface area contributed by atoms with Crippen LogP contribution in [0, 0.1) is 5.92 Å². The van der Waals surface area contributed by atoms with E-state index in [1.54, 1.807) is 0 Å². The summed E-state index contributed by atoms with van der Waals surface area (Å²) in [4.78, 5) is 0. The lowest BCUT2D eigenvalue weighted by molar-refractivity contribution is 0.387. The third-order valence-electron chi connectivity index (χ3n) is 2.37. The summed E-state index contributed by atoms with van der Waals surface area (Å²) in [5.41, 5.74) is 0. The van der Waals surface area contributed by atoms with Crippen LogP contribution in [0.5, 0.6) is 0 Å². The first-order chi connectivity index (χ1) is 6.87. The summed E-state index contributed by atoms with van der Waals surface area (Å²) in [5.74, 6) is 0.623. The Bertz CT molecular complexity index is 250. The molecule has 0 aliphatic heterocycles. The molecule has 0 saturated heterocycles. The molecule has 0 aliphatic carbocycles. The van der Waals surface area contributed by atoms with Gasteiger partial charge in [-0.25, -0.2) is 13.1 Å². The third-order valence-corrected chi connectivity index (χ3v) is 3.10. The van der Waals surface area contributed by atoms with E-state index in [0.717, 1.165) is 19.4 Å². The highest BCUT2D eigenvalue weighted by molar-refractivity contribution is 7.88. The zero-order chi connectivity index (χ0) is 11.9. The highest BCUT2D eigenvalue weighted by Gasteiger charge is 2.09. The predicted octanol–water partition coefficient (Wildman–Crippen LogP) is 0.950. The van der Waals surface area contributed by atoms with E-state index in [1.165, 1.54) is 6.26 Å². The number of hydrogen-bond acceptors (Lipinski definition) is 3. The second-order valence-electron chi connectivity index (χ2n) is 4.23. The highest BCUT2D eigenvalue weighted by Crippen LogP contribution is 2.04. The molecule has 0 aliphatic rings. The summed E-state index contributed by atoms with van der Waals surface area (Å²) in [6, 6.07) is 0.531. The van der Waals surface area contributed by atoms with Crippen LogP contribution in [0.1, 0.15) is 33.6 Å². The average molecular weight is 236 g/mol. The van der Waals surface area contributed by atoms with Crippen LogP contribution in [0.25, 0.3) is 0 Å². The van der Waals surface area contributed by atoms with Gasteiger partial charge in [-0.15, -0.1) is 0 Å². The van der Waals surface area contributed by atoms with Crippen molar-refractivity contribution in [3.63, 3.8) is 0 Å². The van der Waals surface area contributed by atoms with Gasteiger partial charge in [0.1, 0.15) is 0 Å². The molecule has 5 heteroatoms. The van der Waals surface area contributed by atoms with E-state index in [0.29, 0.717) is 18.5 Å². The molecular formula is C10H24N2O2S. The van der Waals surface area contributed by atoms with Gasteiger partial charge in [0, 0.05) is 12.6 Å². The Morgan fingerprint density at radius 3 is 2.20 bits per heavy atom. The summed E-state index contributed by atoms with van der Waals surface area (Å²) in [7, 11) is -3.02. The fourth-order valence-corrected chi connectivity index (χ4v) is 2.00. The zero-order valence-corrected chi connectivity index (χ0v) is 11.0. The van der Waals surface area contributed by atoms with E-state index in [9.17, 15) is 8.42 Å². The van der Waals surface area contributed by atoms with Crippen molar-refractivity contribution in [2.45, 2.75) is 39.7 Å². The van der Waals surface area contributed by atoms with Crippen LogP contribution in [0.3, 0.4) is 0 Å². The molecule has 0 spiro atoms. The van der Waals surface area contributed by atoms with E-state index < -0.39 is 10.0 Å². The Morgan fingerprint density at radius 2 is 1.80 bits per heavy atom. The van der Waals surface area contributed by atoms with Gasteiger partial charge in [-0.05, 0) is 25.3 Å². The summed E-state index contributed by atoms with van der Waals surface area (Å²) in [6.45, 7) is 7.91. The first kappa shape index (κ1) is 14.9. The molecule has 92 valence electrons. The lowest BCUT2D eigenvalue weighted by Gasteiger charge is -2.20. The standard InChI is InChI=1S/C10H24N2O2S/c1-5-10(9(2)3)11-7-6-8-12-15(4,13)14/h9-12H,5-8H2,1-4H3. The summed E-state index contributed by atoms with van der Waals surface area (Å²) in [6.07, 6.45) is 3.12.